The van der Waals surface area contributed by atoms with Crippen molar-refractivity contribution in [3.05, 3.63) is 75.8 Å². The van der Waals surface area contributed by atoms with E-state index in [1.807, 2.05) is 18.2 Å². The predicted molar refractivity (Wildman–Crippen MR) is 141 cm³/mol. The van der Waals surface area contributed by atoms with Crippen LogP contribution in [0.15, 0.2) is 58.5 Å². The first kappa shape index (κ1) is 27.7. The second-order valence-corrected chi connectivity index (χ2v) is 8.89. The van der Waals surface area contributed by atoms with Gasteiger partial charge in [0.25, 0.3) is 0 Å². The SMILES string of the molecule is COC[C@@H](c1ccc(C(F)(F)F)cc1)[C@H](N)CNCCC=N/C=C(\S)c1ccc2[nH]c(=O)n(C)c2c1. The molecule has 0 spiro atoms. The van der Waals surface area contributed by atoms with E-state index >= 15 is 0 Å². The number of aromatic nitrogens is 2. The number of nitrogens with zero attached hydrogens (tertiary/aromatic N) is 2. The molecule has 0 unspecified atom stereocenters. The van der Waals surface area contributed by atoms with Crippen LogP contribution < -0.4 is 16.7 Å². The summed E-state index contributed by atoms with van der Waals surface area (Å²) in [5.74, 6) is -0.245. The summed E-state index contributed by atoms with van der Waals surface area (Å²) < 4.78 is 45.3. The van der Waals surface area contributed by atoms with Crippen LogP contribution in [-0.2, 0) is 18.0 Å². The Morgan fingerprint density at radius 1 is 1.28 bits per heavy atom. The highest BCUT2D eigenvalue weighted by molar-refractivity contribution is 7.90. The number of imidazole rings is 1. The van der Waals surface area contributed by atoms with Crippen LogP contribution in [0.3, 0.4) is 0 Å². The van der Waals surface area contributed by atoms with Gasteiger partial charge >= 0.3 is 11.9 Å². The molecule has 0 amide bonds. The van der Waals surface area contributed by atoms with Crippen LogP contribution in [0.25, 0.3) is 15.9 Å². The number of ether oxygens (including phenoxy) is 1. The maximum Gasteiger partial charge on any atom is 0.416 e. The molecule has 0 aliphatic carbocycles. The number of fused-ring (bicyclic) bond motifs is 1. The number of benzene rings is 2. The van der Waals surface area contributed by atoms with Gasteiger partial charge in [-0.2, -0.15) is 13.2 Å². The Bertz CT molecular complexity index is 1270. The van der Waals surface area contributed by atoms with Gasteiger partial charge in [0.05, 0.1) is 23.2 Å². The first-order valence-corrected chi connectivity index (χ1v) is 11.8. The summed E-state index contributed by atoms with van der Waals surface area (Å²) in [7, 11) is 3.24. The normalized spacial score (nSPS) is 14.6. The number of H-pyrrole nitrogens is 1. The van der Waals surface area contributed by atoms with Crippen LogP contribution in [0, 0.1) is 0 Å². The summed E-state index contributed by atoms with van der Waals surface area (Å²) in [5, 5.41) is 3.25. The van der Waals surface area contributed by atoms with E-state index in [-0.39, 0.29) is 17.6 Å². The quantitative estimate of drug-likeness (QED) is 0.175. The number of nitrogens with one attached hydrogen (secondary N) is 2. The third kappa shape index (κ3) is 7.10. The molecule has 7 nitrogen and oxygen atoms in total. The van der Waals surface area contributed by atoms with Crippen LogP contribution in [-0.4, -0.2) is 48.6 Å². The maximum atomic E-state index is 12.8. The molecule has 3 aromatic rings. The van der Waals surface area contributed by atoms with Crippen LogP contribution in [0.5, 0.6) is 0 Å². The van der Waals surface area contributed by atoms with E-state index in [0.717, 1.165) is 28.7 Å². The first-order valence-electron chi connectivity index (χ1n) is 11.3. The van der Waals surface area contributed by atoms with Crippen molar-refractivity contribution >= 4 is 34.8 Å². The summed E-state index contributed by atoms with van der Waals surface area (Å²) in [6.07, 6.45) is -0.341. The Labute approximate surface area is 212 Å². The van der Waals surface area contributed by atoms with Crippen molar-refractivity contribution in [3.8, 4) is 0 Å². The molecular formula is C25H30F3N5O2S. The molecular weight excluding hydrogens is 491 g/mol. The highest BCUT2D eigenvalue weighted by atomic mass is 32.1. The fraction of sp³-hybridized carbons (Fsp3) is 0.360. The summed E-state index contributed by atoms with van der Waals surface area (Å²) in [4.78, 5) is 19.5. The van der Waals surface area contributed by atoms with Crippen molar-refractivity contribution in [2.75, 3.05) is 26.8 Å². The van der Waals surface area contributed by atoms with E-state index in [4.69, 9.17) is 10.5 Å². The van der Waals surface area contributed by atoms with Gasteiger partial charge in [0.1, 0.15) is 0 Å². The smallest absolute Gasteiger partial charge is 0.384 e. The Kier molecular flexibility index (Phi) is 9.55. The lowest BCUT2D eigenvalue weighted by atomic mass is 9.91. The third-order valence-electron chi connectivity index (χ3n) is 5.86. The maximum absolute atomic E-state index is 12.8. The lowest BCUT2D eigenvalue weighted by Gasteiger charge is -2.24. The second-order valence-electron chi connectivity index (χ2n) is 8.41. The average Bonchev–Trinajstić information content (AvgIpc) is 3.13. The van der Waals surface area contributed by atoms with Gasteiger partial charge in [-0.3, -0.25) is 9.56 Å². The number of nitrogens with two attached hydrogens (primary N) is 1. The molecule has 2 aromatic carbocycles. The van der Waals surface area contributed by atoms with Crippen molar-refractivity contribution in [1.82, 2.24) is 14.9 Å². The van der Waals surface area contributed by atoms with E-state index < -0.39 is 11.7 Å². The number of aromatic amines is 1. The number of alkyl halides is 3. The summed E-state index contributed by atoms with van der Waals surface area (Å²) in [6, 6.07) is 10.3. The summed E-state index contributed by atoms with van der Waals surface area (Å²) in [5.41, 5.74) is 8.53. The Morgan fingerprint density at radius 3 is 2.67 bits per heavy atom. The zero-order chi connectivity index (χ0) is 26.3. The fourth-order valence-corrected chi connectivity index (χ4v) is 4.00. The minimum Gasteiger partial charge on any atom is -0.384 e. The van der Waals surface area contributed by atoms with Crippen molar-refractivity contribution < 1.29 is 17.9 Å². The van der Waals surface area contributed by atoms with E-state index in [9.17, 15) is 18.0 Å². The number of aliphatic imine (C=N–C) groups is 1. The van der Waals surface area contributed by atoms with E-state index in [1.54, 1.807) is 19.5 Å². The molecule has 3 rings (SSSR count). The van der Waals surface area contributed by atoms with Crippen molar-refractivity contribution in [2.45, 2.75) is 24.6 Å². The lowest BCUT2D eigenvalue weighted by molar-refractivity contribution is -0.137. The topological polar surface area (TPSA) is 97.4 Å². The Morgan fingerprint density at radius 2 is 2.00 bits per heavy atom. The third-order valence-corrected chi connectivity index (χ3v) is 6.24. The number of hydrogen-bond acceptors (Lipinski definition) is 6. The number of halogens is 3. The van der Waals surface area contributed by atoms with Crippen LogP contribution in [0.1, 0.15) is 29.0 Å². The molecule has 0 aliphatic heterocycles. The van der Waals surface area contributed by atoms with Gasteiger partial charge in [-0.25, -0.2) is 4.79 Å². The molecule has 1 aromatic heterocycles. The number of rotatable bonds is 11. The molecule has 194 valence electrons. The summed E-state index contributed by atoms with van der Waals surface area (Å²) >= 11 is 4.50. The van der Waals surface area contributed by atoms with Crippen molar-refractivity contribution in [1.29, 1.82) is 0 Å². The molecule has 0 saturated carbocycles. The molecule has 2 atom stereocenters. The minimum absolute atomic E-state index is 0.176. The molecule has 36 heavy (non-hydrogen) atoms. The van der Waals surface area contributed by atoms with Crippen LogP contribution in [0.4, 0.5) is 13.2 Å². The molecule has 0 saturated heterocycles. The van der Waals surface area contributed by atoms with E-state index in [0.29, 0.717) is 36.6 Å². The van der Waals surface area contributed by atoms with E-state index in [1.165, 1.54) is 23.8 Å². The average molecular weight is 522 g/mol. The zero-order valence-corrected chi connectivity index (χ0v) is 20.9. The van der Waals surface area contributed by atoms with Gasteiger partial charge in [-0.1, -0.05) is 18.2 Å². The van der Waals surface area contributed by atoms with Gasteiger partial charge in [-0.05, 0) is 41.8 Å². The van der Waals surface area contributed by atoms with E-state index in [2.05, 4.69) is 27.9 Å². The Balaban J connectivity index is 1.49. The van der Waals surface area contributed by atoms with Gasteiger partial charge < -0.3 is 20.8 Å². The molecule has 0 radical (unpaired) electrons. The molecule has 1 heterocycles. The highest BCUT2D eigenvalue weighted by Crippen LogP contribution is 2.30. The number of thiol groups is 1. The first-order chi connectivity index (χ1) is 17.1. The number of methoxy groups -OCH3 is 1. The Hall–Kier alpha value is -2.86. The minimum atomic E-state index is -4.38. The van der Waals surface area contributed by atoms with Crippen molar-refractivity contribution in [2.24, 2.45) is 17.8 Å². The van der Waals surface area contributed by atoms with Crippen LogP contribution >= 0.6 is 12.6 Å². The van der Waals surface area contributed by atoms with Gasteiger partial charge in [0, 0.05) is 56.5 Å². The van der Waals surface area contributed by atoms with Gasteiger partial charge in [-0.15, -0.1) is 12.6 Å². The molecule has 0 aliphatic rings. The highest BCUT2D eigenvalue weighted by Gasteiger charge is 2.30. The van der Waals surface area contributed by atoms with Crippen molar-refractivity contribution in [3.63, 3.8) is 0 Å². The standard InChI is InChI=1S/C25H30F3N5O2S/c1-33-22-12-17(6-9-21(22)32-24(33)34)23(36)14-31-11-3-10-30-13-20(29)19(15-35-2)16-4-7-18(8-5-16)25(26,27)28/h4-9,11-12,14,19-20,30,36H,3,10,13,15,29H2,1-2H3,(H,32,34)/b23-14-,31-11?/t19-,20+/m0/s1. The monoisotopic (exact) mass is 521 g/mol. The fourth-order valence-electron chi connectivity index (χ4n) is 3.80. The number of hydrogen-bond donors (Lipinski definition) is 4. The molecule has 0 fully saturated rings. The van der Waals surface area contributed by atoms with Crippen LogP contribution in [0.2, 0.25) is 0 Å². The van der Waals surface area contributed by atoms with Gasteiger partial charge in [0.2, 0.25) is 0 Å². The molecule has 11 heteroatoms. The zero-order valence-electron chi connectivity index (χ0n) is 20.0. The molecule has 0 bridgehead atoms. The van der Waals surface area contributed by atoms with Gasteiger partial charge in [0.15, 0.2) is 0 Å². The number of aryl methyl sites for hydroxylation is 1. The summed E-state index contributed by atoms with van der Waals surface area (Å²) in [6.45, 7) is 1.39. The largest absolute Gasteiger partial charge is 0.416 e. The second kappa shape index (κ2) is 12.4. The predicted octanol–water partition coefficient (Wildman–Crippen LogP) is 3.92. The lowest BCUT2D eigenvalue weighted by Crippen LogP contribution is -2.40. The molecule has 4 N–H and O–H groups in total.